The Morgan fingerprint density at radius 2 is 2.21 bits per heavy atom. The van der Waals surface area contributed by atoms with E-state index in [-0.39, 0.29) is 11.7 Å². The molecule has 0 fully saturated rings. The largest absolute Gasteiger partial charge is 0.338 e. The second-order valence-corrected chi connectivity index (χ2v) is 5.34. The van der Waals surface area contributed by atoms with Crippen LogP contribution in [-0.4, -0.2) is 15.9 Å². The zero-order valence-electron chi connectivity index (χ0n) is 11.1. The molecule has 1 atom stereocenters. The zero-order valence-corrected chi connectivity index (χ0v) is 12.7. The maximum Gasteiger partial charge on any atom is 0.237 e. The van der Waals surface area contributed by atoms with Gasteiger partial charge < -0.3 is 4.52 Å². The van der Waals surface area contributed by atoms with Crippen LogP contribution in [0.1, 0.15) is 37.6 Å². The molecule has 2 rings (SSSR count). The smallest absolute Gasteiger partial charge is 0.237 e. The first-order valence-corrected chi connectivity index (χ1v) is 6.95. The molecule has 0 saturated heterocycles. The van der Waals surface area contributed by atoms with Crippen LogP contribution in [-0.2, 0) is 4.79 Å². The average Bonchev–Trinajstić information content (AvgIpc) is 2.86. The van der Waals surface area contributed by atoms with E-state index in [1.807, 2.05) is 32.0 Å². The quantitative estimate of drug-likeness (QED) is 0.856. The predicted molar refractivity (Wildman–Crippen MR) is 75.9 cm³/mol. The second-order valence-electron chi connectivity index (χ2n) is 4.48. The second kappa shape index (κ2) is 5.65. The summed E-state index contributed by atoms with van der Waals surface area (Å²) in [6, 6.07) is 5.91. The van der Waals surface area contributed by atoms with E-state index < -0.39 is 0 Å². The van der Waals surface area contributed by atoms with Crippen molar-refractivity contribution in [3.63, 3.8) is 0 Å². The molecule has 0 aliphatic carbocycles. The summed E-state index contributed by atoms with van der Waals surface area (Å²) in [5.74, 6) is 0.612. The van der Waals surface area contributed by atoms with Gasteiger partial charge in [-0.25, -0.2) is 0 Å². The van der Waals surface area contributed by atoms with E-state index in [0.29, 0.717) is 18.1 Å². The molecule has 1 heterocycles. The van der Waals surface area contributed by atoms with E-state index >= 15 is 0 Å². The molecule has 0 aliphatic heterocycles. The first-order valence-electron chi connectivity index (χ1n) is 6.15. The average molecular weight is 323 g/mol. The molecule has 1 unspecified atom stereocenters. The Morgan fingerprint density at radius 1 is 1.47 bits per heavy atom. The highest BCUT2D eigenvalue weighted by molar-refractivity contribution is 9.10. The Morgan fingerprint density at radius 3 is 2.84 bits per heavy atom. The van der Waals surface area contributed by atoms with Crippen molar-refractivity contribution in [1.29, 1.82) is 0 Å². The van der Waals surface area contributed by atoms with Gasteiger partial charge in [-0.2, -0.15) is 4.98 Å². The molecule has 2 aromatic rings. The number of nitrogens with zero attached hydrogens (tertiary/aromatic N) is 2. The lowest BCUT2D eigenvalue weighted by Gasteiger charge is -2.02. The van der Waals surface area contributed by atoms with Crippen LogP contribution in [0.5, 0.6) is 0 Å². The fourth-order valence-corrected chi connectivity index (χ4v) is 2.44. The number of rotatable bonds is 4. The van der Waals surface area contributed by atoms with Gasteiger partial charge in [-0.15, -0.1) is 0 Å². The number of Topliss-reactive ketones (excluding diaryl/α,β-unsaturated/α-hetero) is 1. The van der Waals surface area contributed by atoms with Crippen molar-refractivity contribution in [3.8, 4) is 11.4 Å². The molecule has 0 bridgehead atoms. The van der Waals surface area contributed by atoms with Gasteiger partial charge in [0.05, 0.1) is 5.92 Å². The summed E-state index contributed by atoms with van der Waals surface area (Å²) in [4.78, 5) is 15.9. The van der Waals surface area contributed by atoms with Gasteiger partial charge in [0.2, 0.25) is 11.7 Å². The van der Waals surface area contributed by atoms with Crippen LogP contribution in [0.2, 0.25) is 0 Å². The number of benzene rings is 1. The van der Waals surface area contributed by atoms with Gasteiger partial charge in [0.15, 0.2) is 0 Å². The number of halogens is 1. The lowest BCUT2D eigenvalue weighted by Crippen LogP contribution is -2.07. The van der Waals surface area contributed by atoms with E-state index in [9.17, 15) is 4.79 Å². The third kappa shape index (κ3) is 2.92. The molecule has 4 nitrogen and oxygen atoms in total. The minimum absolute atomic E-state index is 0.0955. The Kier molecular flexibility index (Phi) is 4.14. The van der Waals surface area contributed by atoms with E-state index in [1.54, 1.807) is 6.92 Å². The number of hydrogen-bond acceptors (Lipinski definition) is 4. The Hall–Kier alpha value is -1.49. The van der Waals surface area contributed by atoms with Crippen molar-refractivity contribution < 1.29 is 9.32 Å². The fourth-order valence-electron chi connectivity index (χ4n) is 1.77. The SMILES string of the molecule is CCC(=O)C(C)c1nc(-c2ccc(C)cc2Br)no1. The number of ketones is 1. The van der Waals surface area contributed by atoms with Crippen molar-refractivity contribution in [2.45, 2.75) is 33.1 Å². The van der Waals surface area contributed by atoms with Gasteiger partial charge in [-0.05, 0) is 31.5 Å². The number of carbonyl (C=O) groups excluding carboxylic acids is 1. The third-order valence-corrected chi connectivity index (χ3v) is 3.67. The standard InChI is InChI=1S/C14H15BrN2O2/c1-4-12(18)9(3)14-16-13(17-19-14)10-6-5-8(2)7-11(10)15/h5-7,9H,4H2,1-3H3. The van der Waals surface area contributed by atoms with Gasteiger partial charge in [0.1, 0.15) is 5.78 Å². The Labute approximate surface area is 120 Å². The summed E-state index contributed by atoms with van der Waals surface area (Å²) in [5, 5.41) is 3.95. The van der Waals surface area contributed by atoms with Gasteiger partial charge in [-0.3, -0.25) is 4.79 Å². The maximum absolute atomic E-state index is 11.6. The molecule has 1 aromatic heterocycles. The van der Waals surface area contributed by atoms with E-state index in [0.717, 1.165) is 15.6 Å². The van der Waals surface area contributed by atoms with Crippen LogP contribution in [0, 0.1) is 6.92 Å². The first kappa shape index (κ1) is 13.9. The number of carbonyl (C=O) groups is 1. The molecule has 0 radical (unpaired) electrons. The number of aryl methyl sites for hydroxylation is 1. The minimum Gasteiger partial charge on any atom is -0.338 e. The van der Waals surface area contributed by atoms with Crippen LogP contribution in [0.15, 0.2) is 27.2 Å². The summed E-state index contributed by atoms with van der Waals surface area (Å²) in [6.07, 6.45) is 0.465. The van der Waals surface area contributed by atoms with E-state index in [2.05, 4.69) is 26.1 Å². The first-order chi connectivity index (χ1) is 9.02. The monoisotopic (exact) mass is 322 g/mol. The highest BCUT2D eigenvalue weighted by Gasteiger charge is 2.21. The van der Waals surface area contributed by atoms with Crippen molar-refractivity contribution >= 4 is 21.7 Å². The summed E-state index contributed by atoms with van der Waals surface area (Å²) in [5.41, 5.74) is 2.01. The van der Waals surface area contributed by atoms with Crippen molar-refractivity contribution in [2.75, 3.05) is 0 Å². The van der Waals surface area contributed by atoms with Gasteiger partial charge in [0, 0.05) is 16.5 Å². The molecule has 5 heteroatoms. The minimum atomic E-state index is -0.351. The van der Waals surface area contributed by atoms with E-state index in [4.69, 9.17) is 4.52 Å². The molecular formula is C14H15BrN2O2. The molecule has 0 amide bonds. The highest BCUT2D eigenvalue weighted by Crippen LogP contribution is 2.28. The van der Waals surface area contributed by atoms with Gasteiger partial charge in [0.25, 0.3) is 0 Å². The summed E-state index contributed by atoms with van der Waals surface area (Å²) >= 11 is 3.48. The molecule has 0 spiro atoms. The zero-order chi connectivity index (χ0) is 14.0. The molecule has 1 aromatic carbocycles. The van der Waals surface area contributed by atoms with Crippen molar-refractivity contribution in [1.82, 2.24) is 10.1 Å². The predicted octanol–water partition coefficient (Wildman–Crippen LogP) is 3.89. The van der Waals surface area contributed by atoms with Crippen LogP contribution in [0.3, 0.4) is 0 Å². The topological polar surface area (TPSA) is 56.0 Å². The molecule has 100 valence electrons. The van der Waals surface area contributed by atoms with E-state index in [1.165, 1.54) is 0 Å². The Balaban J connectivity index is 2.33. The highest BCUT2D eigenvalue weighted by atomic mass is 79.9. The number of hydrogen-bond donors (Lipinski definition) is 0. The summed E-state index contributed by atoms with van der Waals surface area (Å²) in [6.45, 7) is 5.62. The molecule has 0 N–H and O–H groups in total. The van der Waals surface area contributed by atoms with Crippen LogP contribution >= 0.6 is 15.9 Å². The van der Waals surface area contributed by atoms with Crippen LogP contribution in [0.25, 0.3) is 11.4 Å². The summed E-state index contributed by atoms with van der Waals surface area (Å²) < 4.78 is 6.10. The molecule has 19 heavy (non-hydrogen) atoms. The molecule has 0 saturated carbocycles. The number of aromatic nitrogens is 2. The fraction of sp³-hybridized carbons (Fsp3) is 0.357. The third-order valence-electron chi connectivity index (χ3n) is 3.01. The van der Waals surface area contributed by atoms with Crippen LogP contribution < -0.4 is 0 Å². The van der Waals surface area contributed by atoms with Crippen LogP contribution in [0.4, 0.5) is 0 Å². The lowest BCUT2D eigenvalue weighted by molar-refractivity contribution is -0.120. The summed E-state index contributed by atoms with van der Waals surface area (Å²) in [7, 11) is 0. The van der Waals surface area contributed by atoms with Gasteiger partial charge >= 0.3 is 0 Å². The van der Waals surface area contributed by atoms with Crippen molar-refractivity contribution in [3.05, 3.63) is 34.1 Å². The van der Waals surface area contributed by atoms with Crippen molar-refractivity contribution in [2.24, 2.45) is 0 Å². The lowest BCUT2D eigenvalue weighted by atomic mass is 10.1. The maximum atomic E-state index is 11.6. The molecular weight excluding hydrogens is 308 g/mol. The molecule has 0 aliphatic rings. The normalized spacial score (nSPS) is 12.4. The van der Waals surface area contributed by atoms with Gasteiger partial charge in [-0.1, -0.05) is 34.1 Å². The Bertz CT molecular complexity index is 607.